The average Bonchev–Trinajstić information content (AvgIpc) is 2.83. The van der Waals surface area contributed by atoms with E-state index in [0.29, 0.717) is 6.04 Å². The minimum absolute atomic E-state index is 0.466. The summed E-state index contributed by atoms with van der Waals surface area (Å²) in [5, 5.41) is 4.50. The summed E-state index contributed by atoms with van der Waals surface area (Å²) < 4.78 is 0. The zero-order valence-electron chi connectivity index (χ0n) is 10.5. The van der Waals surface area contributed by atoms with Crippen molar-refractivity contribution in [2.24, 2.45) is 5.92 Å². The van der Waals surface area contributed by atoms with Crippen LogP contribution in [0.15, 0.2) is 18.2 Å². The first-order chi connectivity index (χ1) is 8.22. The third kappa shape index (κ3) is 3.18. The van der Waals surface area contributed by atoms with Crippen molar-refractivity contribution in [2.45, 2.75) is 26.3 Å². The molecule has 1 nitrogen and oxygen atoms in total. The molecule has 1 aromatic rings. The van der Waals surface area contributed by atoms with Crippen LogP contribution in [-0.2, 0) is 0 Å². The molecule has 2 rings (SSSR count). The Morgan fingerprint density at radius 3 is 2.94 bits per heavy atom. The van der Waals surface area contributed by atoms with E-state index in [0.717, 1.165) is 23.0 Å². The number of benzene rings is 1. The maximum Gasteiger partial charge on any atom is 0.0438 e. The van der Waals surface area contributed by atoms with Crippen LogP contribution in [0, 0.1) is 12.8 Å². The summed E-state index contributed by atoms with van der Waals surface area (Å²) in [7, 11) is 0. The first kappa shape index (κ1) is 13.3. The molecule has 2 unspecified atom stereocenters. The van der Waals surface area contributed by atoms with Gasteiger partial charge < -0.3 is 5.32 Å². The minimum Gasteiger partial charge on any atom is -0.310 e. The molecule has 0 spiro atoms. The Balaban J connectivity index is 2.21. The molecule has 0 aliphatic carbocycles. The van der Waals surface area contributed by atoms with Crippen molar-refractivity contribution in [3.05, 3.63) is 34.3 Å². The fourth-order valence-electron chi connectivity index (χ4n) is 2.39. The van der Waals surface area contributed by atoms with Crippen LogP contribution in [0.1, 0.15) is 30.5 Å². The molecule has 0 bridgehead atoms. The smallest absolute Gasteiger partial charge is 0.0438 e. The van der Waals surface area contributed by atoms with Gasteiger partial charge in [0.2, 0.25) is 0 Å². The summed E-state index contributed by atoms with van der Waals surface area (Å²) >= 11 is 8.30. The summed E-state index contributed by atoms with van der Waals surface area (Å²) in [6.45, 7) is 5.24. The molecule has 94 valence electrons. The molecule has 0 radical (unpaired) electrons. The number of thioether (sulfide) groups is 1. The Hall–Kier alpha value is -0.180. The Morgan fingerprint density at radius 2 is 2.35 bits per heavy atom. The van der Waals surface area contributed by atoms with E-state index in [1.165, 1.54) is 23.5 Å². The van der Waals surface area contributed by atoms with E-state index in [9.17, 15) is 0 Å². The van der Waals surface area contributed by atoms with Gasteiger partial charge in [-0.3, -0.25) is 0 Å². The monoisotopic (exact) mass is 269 g/mol. The number of halogens is 1. The van der Waals surface area contributed by atoms with Crippen molar-refractivity contribution < 1.29 is 0 Å². The fraction of sp³-hybridized carbons (Fsp3) is 0.571. The van der Waals surface area contributed by atoms with E-state index in [1.807, 2.05) is 0 Å². The van der Waals surface area contributed by atoms with Crippen LogP contribution < -0.4 is 5.32 Å². The van der Waals surface area contributed by atoms with Gasteiger partial charge in [0, 0.05) is 11.1 Å². The van der Waals surface area contributed by atoms with Crippen LogP contribution in [-0.4, -0.2) is 18.1 Å². The normalized spacial score (nSPS) is 21.7. The van der Waals surface area contributed by atoms with Crippen molar-refractivity contribution in [3.63, 3.8) is 0 Å². The Bertz CT molecular complexity index is 374. The quantitative estimate of drug-likeness (QED) is 0.885. The van der Waals surface area contributed by atoms with Gasteiger partial charge in [-0.1, -0.05) is 30.7 Å². The molecule has 1 saturated heterocycles. The predicted octanol–water partition coefficient (Wildman–Crippen LogP) is 4.05. The fourth-order valence-corrected chi connectivity index (χ4v) is 3.88. The molecular formula is C14H20ClNS. The van der Waals surface area contributed by atoms with Crippen LogP contribution in [0.4, 0.5) is 0 Å². The van der Waals surface area contributed by atoms with E-state index in [2.05, 4.69) is 49.1 Å². The molecular weight excluding hydrogens is 250 g/mol. The lowest BCUT2D eigenvalue weighted by Gasteiger charge is -2.24. The summed E-state index contributed by atoms with van der Waals surface area (Å²) in [5.74, 6) is 3.31. The largest absolute Gasteiger partial charge is 0.310 e. The number of aryl methyl sites for hydroxylation is 1. The van der Waals surface area contributed by atoms with Crippen molar-refractivity contribution in [1.29, 1.82) is 0 Å². The van der Waals surface area contributed by atoms with Gasteiger partial charge in [-0.2, -0.15) is 11.8 Å². The maximum absolute atomic E-state index is 6.23. The summed E-state index contributed by atoms with van der Waals surface area (Å²) in [5.41, 5.74) is 2.50. The number of hydrogen-bond donors (Lipinski definition) is 1. The zero-order valence-corrected chi connectivity index (χ0v) is 12.1. The minimum atomic E-state index is 0.466. The highest BCUT2D eigenvalue weighted by atomic mass is 35.5. The lowest BCUT2D eigenvalue weighted by atomic mass is 9.92. The molecule has 0 aromatic heterocycles. The molecule has 3 heteroatoms. The van der Waals surface area contributed by atoms with Crippen molar-refractivity contribution in [1.82, 2.24) is 5.32 Å². The highest BCUT2D eigenvalue weighted by Crippen LogP contribution is 2.35. The van der Waals surface area contributed by atoms with Crippen LogP contribution in [0.3, 0.4) is 0 Å². The van der Waals surface area contributed by atoms with Crippen LogP contribution in [0.25, 0.3) is 0 Å². The van der Waals surface area contributed by atoms with Gasteiger partial charge >= 0.3 is 0 Å². The SMILES string of the molecule is CCNC(c1ccc(C)c(Cl)c1)C1CCSC1. The summed E-state index contributed by atoms with van der Waals surface area (Å²) in [6.07, 6.45) is 1.31. The number of nitrogens with one attached hydrogen (secondary N) is 1. The second kappa shape index (κ2) is 6.12. The molecule has 1 N–H and O–H groups in total. The van der Waals surface area contributed by atoms with Crippen molar-refractivity contribution in [3.8, 4) is 0 Å². The van der Waals surface area contributed by atoms with Crippen LogP contribution in [0.2, 0.25) is 5.02 Å². The highest BCUT2D eigenvalue weighted by Gasteiger charge is 2.26. The van der Waals surface area contributed by atoms with Gasteiger partial charge in [-0.05, 0) is 54.5 Å². The first-order valence-corrected chi connectivity index (χ1v) is 7.82. The molecule has 2 atom stereocenters. The molecule has 1 aromatic carbocycles. The van der Waals surface area contributed by atoms with Gasteiger partial charge in [-0.25, -0.2) is 0 Å². The predicted molar refractivity (Wildman–Crippen MR) is 78.0 cm³/mol. The molecule has 0 saturated carbocycles. The maximum atomic E-state index is 6.23. The molecule has 1 aliphatic heterocycles. The summed E-state index contributed by atoms with van der Waals surface area (Å²) in [6, 6.07) is 6.95. The second-order valence-electron chi connectivity index (χ2n) is 4.67. The zero-order chi connectivity index (χ0) is 12.3. The Kier molecular flexibility index (Phi) is 4.78. The molecule has 17 heavy (non-hydrogen) atoms. The molecule has 0 amide bonds. The van der Waals surface area contributed by atoms with Gasteiger partial charge in [0.15, 0.2) is 0 Å². The van der Waals surface area contributed by atoms with Crippen LogP contribution in [0.5, 0.6) is 0 Å². The first-order valence-electron chi connectivity index (χ1n) is 6.29. The van der Waals surface area contributed by atoms with E-state index < -0.39 is 0 Å². The van der Waals surface area contributed by atoms with E-state index in [4.69, 9.17) is 11.6 Å². The van der Waals surface area contributed by atoms with E-state index in [1.54, 1.807) is 0 Å². The number of rotatable bonds is 4. The van der Waals surface area contributed by atoms with E-state index >= 15 is 0 Å². The second-order valence-corrected chi connectivity index (χ2v) is 6.22. The van der Waals surface area contributed by atoms with Gasteiger partial charge in [0.1, 0.15) is 0 Å². The van der Waals surface area contributed by atoms with Crippen LogP contribution >= 0.6 is 23.4 Å². The third-order valence-corrected chi connectivity index (χ3v) is 5.01. The lowest BCUT2D eigenvalue weighted by molar-refractivity contribution is 0.401. The van der Waals surface area contributed by atoms with Gasteiger partial charge in [-0.15, -0.1) is 0 Å². The highest BCUT2D eigenvalue weighted by molar-refractivity contribution is 7.99. The Morgan fingerprint density at radius 1 is 1.53 bits per heavy atom. The molecule has 1 heterocycles. The topological polar surface area (TPSA) is 12.0 Å². The lowest BCUT2D eigenvalue weighted by Crippen LogP contribution is -2.28. The average molecular weight is 270 g/mol. The van der Waals surface area contributed by atoms with E-state index in [-0.39, 0.29) is 0 Å². The van der Waals surface area contributed by atoms with Gasteiger partial charge in [0.25, 0.3) is 0 Å². The van der Waals surface area contributed by atoms with Crippen molar-refractivity contribution in [2.75, 3.05) is 18.1 Å². The Labute approximate surface area is 113 Å². The van der Waals surface area contributed by atoms with Gasteiger partial charge in [0.05, 0.1) is 0 Å². The molecule has 1 aliphatic rings. The number of hydrogen-bond acceptors (Lipinski definition) is 2. The standard InChI is InChI=1S/C14H20ClNS/c1-3-16-14(12-6-7-17-9-12)11-5-4-10(2)13(15)8-11/h4-5,8,12,14,16H,3,6-7,9H2,1-2H3. The van der Waals surface area contributed by atoms with Crippen molar-refractivity contribution >= 4 is 23.4 Å². The molecule has 1 fully saturated rings. The summed E-state index contributed by atoms with van der Waals surface area (Å²) in [4.78, 5) is 0. The third-order valence-electron chi connectivity index (χ3n) is 3.42.